The summed E-state index contributed by atoms with van der Waals surface area (Å²) >= 11 is 0. The number of benzene rings is 1. The van der Waals surface area contributed by atoms with Crippen LogP contribution < -0.4 is 5.32 Å². The minimum Gasteiger partial charge on any atom is -0.383 e. The maximum Gasteiger partial charge on any atom is 0.0594 e. The molecule has 2 unspecified atom stereocenters. The van der Waals surface area contributed by atoms with Crippen LogP contribution in [0.1, 0.15) is 37.8 Å². The fraction of sp³-hybridized carbons (Fsp3) is 0.529. The van der Waals surface area contributed by atoms with Gasteiger partial charge in [-0.15, -0.1) is 0 Å². The Morgan fingerprint density at radius 1 is 1.32 bits per heavy atom. The molecule has 0 amide bonds. The van der Waals surface area contributed by atoms with Crippen LogP contribution in [0.5, 0.6) is 0 Å². The van der Waals surface area contributed by atoms with Gasteiger partial charge in [-0.05, 0) is 37.4 Å². The van der Waals surface area contributed by atoms with E-state index in [1.54, 1.807) is 7.11 Å². The highest BCUT2D eigenvalue weighted by Gasteiger charge is 2.35. The summed E-state index contributed by atoms with van der Waals surface area (Å²) in [5.41, 5.74) is 2.77. The standard InChI is InChI=1S/C17H25NO/c1-4-11-18-14(2)12-17(13-19-3)10-9-15-7-5-6-8-16(15)17/h5-10,14,18H,4,11-13H2,1-3H3. The average Bonchev–Trinajstić information content (AvgIpc) is 2.76. The molecule has 0 aliphatic heterocycles. The summed E-state index contributed by atoms with van der Waals surface area (Å²) in [4.78, 5) is 0. The van der Waals surface area contributed by atoms with Gasteiger partial charge < -0.3 is 10.1 Å². The van der Waals surface area contributed by atoms with Crippen molar-refractivity contribution in [2.75, 3.05) is 20.3 Å². The third kappa shape index (κ3) is 3.07. The Labute approximate surface area is 116 Å². The molecule has 2 rings (SSSR count). The largest absolute Gasteiger partial charge is 0.383 e. The highest BCUT2D eigenvalue weighted by molar-refractivity contribution is 5.65. The minimum atomic E-state index is 0.0332. The number of nitrogens with one attached hydrogen (secondary N) is 1. The van der Waals surface area contributed by atoms with Crippen LogP contribution in [0.15, 0.2) is 30.3 Å². The van der Waals surface area contributed by atoms with Gasteiger partial charge in [0.25, 0.3) is 0 Å². The van der Waals surface area contributed by atoms with Gasteiger partial charge in [0, 0.05) is 18.6 Å². The number of fused-ring (bicyclic) bond motifs is 1. The summed E-state index contributed by atoms with van der Waals surface area (Å²) in [6, 6.07) is 9.14. The average molecular weight is 259 g/mol. The van der Waals surface area contributed by atoms with Gasteiger partial charge in [-0.3, -0.25) is 0 Å². The summed E-state index contributed by atoms with van der Waals surface area (Å²) in [5.74, 6) is 0. The molecule has 1 aliphatic carbocycles. The lowest BCUT2D eigenvalue weighted by Gasteiger charge is -2.31. The fourth-order valence-electron chi connectivity index (χ4n) is 3.06. The third-order valence-corrected chi connectivity index (χ3v) is 3.89. The Morgan fingerprint density at radius 2 is 2.11 bits per heavy atom. The van der Waals surface area contributed by atoms with Crippen LogP contribution in [0.3, 0.4) is 0 Å². The van der Waals surface area contributed by atoms with Gasteiger partial charge in [0.1, 0.15) is 0 Å². The Kier molecular flexibility index (Phi) is 4.78. The molecule has 0 heterocycles. The number of hydrogen-bond acceptors (Lipinski definition) is 2. The first-order valence-electron chi connectivity index (χ1n) is 7.23. The zero-order chi connectivity index (χ0) is 13.7. The van der Waals surface area contributed by atoms with Crippen LogP contribution in [0, 0.1) is 0 Å². The SMILES string of the molecule is CCCNC(C)CC1(COC)C=Cc2ccccc21. The molecule has 104 valence electrons. The molecule has 1 aliphatic rings. The molecule has 0 radical (unpaired) electrons. The van der Waals surface area contributed by atoms with Crippen molar-refractivity contribution in [1.29, 1.82) is 0 Å². The highest BCUT2D eigenvalue weighted by atomic mass is 16.5. The molecular weight excluding hydrogens is 234 g/mol. The topological polar surface area (TPSA) is 21.3 Å². The summed E-state index contributed by atoms with van der Waals surface area (Å²) in [6.45, 7) is 6.30. The van der Waals surface area contributed by atoms with Crippen molar-refractivity contribution >= 4 is 6.08 Å². The van der Waals surface area contributed by atoms with Gasteiger partial charge in [-0.25, -0.2) is 0 Å². The Morgan fingerprint density at radius 3 is 2.84 bits per heavy atom. The molecule has 2 heteroatoms. The smallest absolute Gasteiger partial charge is 0.0594 e. The van der Waals surface area contributed by atoms with Crippen LogP contribution in [0.4, 0.5) is 0 Å². The molecule has 0 aromatic heterocycles. The first-order chi connectivity index (χ1) is 9.22. The van der Waals surface area contributed by atoms with Crippen LogP contribution >= 0.6 is 0 Å². The van der Waals surface area contributed by atoms with Crippen LogP contribution in [-0.2, 0) is 10.2 Å². The second-order valence-corrected chi connectivity index (χ2v) is 5.57. The van der Waals surface area contributed by atoms with E-state index in [1.165, 1.54) is 17.5 Å². The van der Waals surface area contributed by atoms with Gasteiger partial charge in [0.05, 0.1) is 6.61 Å². The van der Waals surface area contributed by atoms with Gasteiger partial charge in [0.15, 0.2) is 0 Å². The van der Waals surface area contributed by atoms with E-state index >= 15 is 0 Å². The van der Waals surface area contributed by atoms with Gasteiger partial charge >= 0.3 is 0 Å². The lowest BCUT2D eigenvalue weighted by Crippen LogP contribution is -2.38. The van der Waals surface area contributed by atoms with E-state index in [9.17, 15) is 0 Å². The molecule has 0 bridgehead atoms. The molecule has 0 spiro atoms. The molecule has 0 saturated carbocycles. The summed E-state index contributed by atoms with van der Waals surface area (Å²) in [5, 5.41) is 3.58. The number of methoxy groups -OCH3 is 1. The van der Waals surface area contributed by atoms with Crippen molar-refractivity contribution in [1.82, 2.24) is 5.32 Å². The summed E-state index contributed by atoms with van der Waals surface area (Å²) < 4.78 is 5.51. The van der Waals surface area contributed by atoms with Gasteiger partial charge in [-0.1, -0.05) is 43.3 Å². The van der Waals surface area contributed by atoms with E-state index in [0.717, 1.165) is 19.6 Å². The number of ether oxygens (including phenoxy) is 1. The predicted octanol–water partition coefficient (Wildman–Crippen LogP) is 3.38. The quantitative estimate of drug-likeness (QED) is 0.810. The Bertz CT molecular complexity index is 441. The van der Waals surface area contributed by atoms with E-state index in [1.807, 2.05) is 0 Å². The van der Waals surface area contributed by atoms with Crippen molar-refractivity contribution in [3.05, 3.63) is 41.5 Å². The van der Waals surface area contributed by atoms with Crippen LogP contribution in [0.25, 0.3) is 6.08 Å². The van der Waals surface area contributed by atoms with E-state index in [4.69, 9.17) is 4.74 Å². The maximum atomic E-state index is 5.51. The third-order valence-electron chi connectivity index (χ3n) is 3.89. The number of hydrogen-bond donors (Lipinski definition) is 1. The molecule has 0 saturated heterocycles. The van der Waals surface area contributed by atoms with Gasteiger partial charge in [0.2, 0.25) is 0 Å². The van der Waals surface area contributed by atoms with Crippen molar-refractivity contribution in [3.63, 3.8) is 0 Å². The molecule has 2 nitrogen and oxygen atoms in total. The van der Waals surface area contributed by atoms with E-state index in [0.29, 0.717) is 6.04 Å². The molecule has 0 fully saturated rings. The molecule has 1 N–H and O–H groups in total. The zero-order valence-electron chi connectivity index (χ0n) is 12.3. The molecule has 1 aromatic rings. The zero-order valence-corrected chi connectivity index (χ0v) is 12.3. The maximum absolute atomic E-state index is 5.51. The van der Waals surface area contributed by atoms with Gasteiger partial charge in [-0.2, -0.15) is 0 Å². The van der Waals surface area contributed by atoms with Crippen LogP contribution in [0.2, 0.25) is 0 Å². The molecule has 19 heavy (non-hydrogen) atoms. The Hall–Kier alpha value is -1.12. The molecule has 2 atom stereocenters. The van der Waals surface area contributed by atoms with E-state index in [-0.39, 0.29) is 5.41 Å². The minimum absolute atomic E-state index is 0.0332. The Balaban J connectivity index is 2.18. The van der Waals surface area contributed by atoms with Crippen molar-refractivity contribution in [2.24, 2.45) is 0 Å². The lowest BCUT2D eigenvalue weighted by molar-refractivity contribution is 0.142. The highest BCUT2D eigenvalue weighted by Crippen LogP contribution is 2.39. The fourth-order valence-corrected chi connectivity index (χ4v) is 3.06. The summed E-state index contributed by atoms with van der Waals surface area (Å²) in [6.07, 6.45) is 6.81. The predicted molar refractivity (Wildman–Crippen MR) is 81.4 cm³/mol. The lowest BCUT2D eigenvalue weighted by atomic mass is 9.78. The normalized spacial score (nSPS) is 22.5. The molecular formula is C17H25NO. The van der Waals surface area contributed by atoms with Crippen molar-refractivity contribution < 1.29 is 4.74 Å². The summed E-state index contributed by atoms with van der Waals surface area (Å²) in [7, 11) is 1.79. The van der Waals surface area contributed by atoms with Crippen LogP contribution in [-0.4, -0.2) is 26.3 Å². The van der Waals surface area contributed by atoms with Crippen molar-refractivity contribution in [2.45, 2.75) is 38.1 Å². The van der Waals surface area contributed by atoms with E-state index < -0.39 is 0 Å². The monoisotopic (exact) mass is 259 g/mol. The molecule has 1 aromatic carbocycles. The first-order valence-corrected chi connectivity index (χ1v) is 7.23. The second kappa shape index (κ2) is 6.36. The van der Waals surface area contributed by atoms with Crippen molar-refractivity contribution in [3.8, 4) is 0 Å². The number of rotatable bonds is 7. The second-order valence-electron chi connectivity index (χ2n) is 5.57. The van der Waals surface area contributed by atoms with E-state index in [2.05, 4.69) is 55.6 Å². The first kappa shape index (κ1) is 14.3.